The van der Waals surface area contributed by atoms with E-state index in [2.05, 4.69) is 0 Å². The molecule has 0 aliphatic carbocycles. The van der Waals surface area contributed by atoms with Crippen molar-refractivity contribution in [1.82, 2.24) is 23.8 Å². The molecule has 0 unspecified atom stereocenters. The maximum Gasteiger partial charge on any atom is 0.331 e. The summed E-state index contributed by atoms with van der Waals surface area (Å²) in [6.07, 6.45) is 0. The highest BCUT2D eigenvalue weighted by Crippen LogP contribution is 2.10. The van der Waals surface area contributed by atoms with E-state index in [1.165, 1.54) is 24.7 Å². The summed E-state index contributed by atoms with van der Waals surface area (Å²) in [5.74, 6) is -0.374. The van der Waals surface area contributed by atoms with Gasteiger partial charge in [0.1, 0.15) is 5.69 Å². The molecule has 0 saturated carbocycles. The second-order valence-corrected chi connectivity index (χ2v) is 6.43. The third-order valence-electron chi connectivity index (χ3n) is 4.86. The van der Waals surface area contributed by atoms with Crippen molar-refractivity contribution in [2.45, 2.75) is 0 Å². The lowest BCUT2D eigenvalue weighted by atomic mass is 10.2. The summed E-state index contributed by atoms with van der Waals surface area (Å²) in [4.78, 5) is 54.1. The minimum atomic E-state index is -0.540. The standard InChI is InChI=1S/C16H23N5O5/c1-17-12(11-13(22)18(2)15(17)24)14(23)19-3-5-20(6-4-19)16(25)21-7-9-26-10-8-21/h11H,3-10H2,1-2H3. The van der Waals surface area contributed by atoms with Crippen molar-refractivity contribution >= 4 is 11.9 Å². The van der Waals surface area contributed by atoms with Crippen LogP contribution in [0.25, 0.3) is 0 Å². The molecule has 1 aromatic heterocycles. The summed E-state index contributed by atoms with van der Waals surface area (Å²) in [5.41, 5.74) is -0.995. The Balaban J connectivity index is 1.66. The Morgan fingerprint density at radius 2 is 1.38 bits per heavy atom. The molecule has 3 rings (SSSR count). The summed E-state index contributed by atoms with van der Waals surface area (Å²) < 4.78 is 7.38. The Labute approximate surface area is 150 Å². The molecule has 0 N–H and O–H groups in total. The van der Waals surface area contributed by atoms with Gasteiger partial charge in [-0.3, -0.25) is 18.7 Å². The fourth-order valence-electron chi connectivity index (χ4n) is 3.16. The van der Waals surface area contributed by atoms with E-state index in [1.54, 1.807) is 14.7 Å². The molecule has 10 nitrogen and oxygen atoms in total. The number of morpholine rings is 1. The van der Waals surface area contributed by atoms with Crippen molar-refractivity contribution < 1.29 is 14.3 Å². The normalized spacial score (nSPS) is 18.2. The molecule has 1 aromatic rings. The van der Waals surface area contributed by atoms with Crippen LogP contribution in [-0.4, -0.2) is 88.3 Å². The zero-order valence-corrected chi connectivity index (χ0v) is 15.0. The number of aromatic nitrogens is 2. The molecule has 2 fully saturated rings. The maximum atomic E-state index is 12.7. The Bertz CT molecular complexity index is 815. The fourth-order valence-corrected chi connectivity index (χ4v) is 3.16. The van der Waals surface area contributed by atoms with Crippen LogP contribution < -0.4 is 11.2 Å². The quantitative estimate of drug-likeness (QED) is 0.591. The van der Waals surface area contributed by atoms with Gasteiger partial charge in [0.05, 0.1) is 13.2 Å². The average Bonchev–Trinajstić information content (AvgIpc) is 2.69. The lowest BCUT2D eigenvalue weighted by molar-refractivity contribution is 0.0361. The molecule has 2 saturated heterocycles. The number of piperazine rings is 1. The lowest BCUT2D eigenvalue weighted by Crippen LogP contribution is -2.56. The highest BCUT2D eigenvalue weighted by molar-refractivity contribution is 5.92. The van der Waals surface area contributed by atoms with Crippen LogP contribution in [0.4, 0.5) is 4.79 Å². The van der Waals surface area contributed by atoms with Crippen LogP contribution in [0.15, 0.2) is 15.7 Å². The number of hydrogen-bond donors (Lipinski definition) is 0. The van der Waals surface area contributed by atoms with Gasteiger partial charge >= 0.3 is 11.7 Å². The number of urea groups is 1. The third-order valence-corrected chi connectivity index (χ3v) is 4.86. The van der Waals surface area contributed by atoms with E-state index < -0.39 is 11.2 Å². The Hall–Kier alpha value is -2.62. The number of amides is 3. The first-order valence-electron chi connectivity index (χ1n) is 8.58. The number of ether oxygens (including phenoxy) is 1. The fraction of sp³-hybridized carbons (Fsp3) is 0.625. The van der Waals surface area contributed by atoms with Gasteiger partial charge in [-0.2, -0.15) is 0 Å². The lowest BCUT2D eigenvalue weighted by Gasteiger charge is -2.38. The average molecular weight is 365 g/mol. The summed E-state index contributed by atoms with van der Waals surface area (Å²) in [6.45, 7) is 3.79. The molecule has 10 heteroatoms. The molecular formula is C16H23N5O5. The molecule has 2 aliphatic rings. The SMILES string of the molecule is Cn1c(C(=O)N2CCN(C(=O)N3CCOCC3)CC2)cc(=O)n(C)c1=O. The van der Waals surface area contributed by atoms with Crippen LogP contribution in [0, 0.1) is 0 Å². The monoisotopic (exact) mass is 365 g/mol. The molecule has 0 bridgehead atoms. The number of rotatable bonds is 1. The summed E-state index contributed by atoms with van der Waals surface area (Å²) in [6, 6.07) is 1.14. The highest BCUT2D eigenvalue weighted by atomic mass is 16.5. The number of carbonyl (C=O) groups is 2. The van der Waals surface area contributed by atoms with E-state index in [0.29, 0.717) is 52.5 Å². The molecular weight excluding hydrogens is 342 g/mol. The minimum Gasteiger partial charge on any atom is -0.378 e. The summed E-state index contributed by atoms with van der Waals surface area (Å²) >= 11 is 0. The van der Waals surface area contributed by atoms with Gasteiger partial charge in [0.15, 0.2) is 0 Å². The molecule has 0 spiro atoms. The largest absolute Gasteiger partial charge is 0.378 e. The molecule has 3 amide bonds. The van der Waals surface area contributed by atoms with E-state index in [-0.39, 0.29) is 17.6 Å². The molecule has 26 heavy (non-hydrogen) atoms. The van der Waals surface area contributed by atoms with Crippen LogP contribution in [0.5, 0.6) is 0 Å². The molecule has 0 radical (unpaired) electrons. The zero-order chi connectivity index (χ0) is 18.8. The van der Waals surface area contributed by atoms with E-state index in [9.17, 15) is 19.2 Å². The van der Waals surface area contributed by atoms with Crippen molar-refractivity contribution in [3.63, 3.8) is 0 Å². The molecule has 142 valence electrons. The number of hydrogen-bond acceptors (Lipinski definition) is 5. The van der Waals surface area contributed by atoms with E-state index in [0.717, 1.165) is 4.57 Å². The molecule has 2 aliphatic heterocycles. The van der Waals surface area contributed by atoms with Crippen LogP contribution in [0.1, 0.15) is 10.5 Å². The van der Waals surface area contributed by atoms with E-state index in [1.807, 2.05) is 0 Å². The van der Waals surface area contributed by atoms with Gasteiger partial charge in [-0.1, -0.05) is 0 Å². The van der Waals surface area contributed by atoms with Gasteiger partial charge in [0.2, 0.25) is 0 Å². The van der Waals surface area contributed by atoms with Crippen LogP contribution >= 0.6 is 0 Å². The number of nitrogens with zero attached hydrogens (tertiary/aromatic N) is 5. The molecule has 0 atom stereocenters. The zero-order valence-electron chi connectivity index (χ0n) is 15.0. The van der Waals surface area contributed by atoms with Crippen molar-refractivity contribution in [3.05, 3.63) is 32.6 Å². The minimum absolute atomic E-state index is 0.0404. The van der Waals surface area contributed by atoms with Gasteiger partial charge in [0.25, 0.3) is 11.5 Å². The van der Waals surface area contributed by atoms with Crippen molar-refractivity contribution in [1.29, 1.82) is 0 Å². The Morgan fingerprint density at radius 3 is 2.00 bits per heavy atom. The summed E-state index contributed by atoms with van der Waals surface area (Å²) in [7, 11) is 2.84. The van der Waals surface area contributed by atoms with Crippen LogP contribution in [-0.2, 0) is 18.8 Å². The first kappa shape index (κ1) is 18.2. The Kier molecular flexibility index (Phi) is 5.12. The predicted octanol–water partition coefficient (Wildman–Crippen LogP) is -1.71. The van der Waals surface area contributed by atoms with Crippen molar-refractivity contribution in [2.24, 2.45) is 14.1 Å². The maximum absolute atomic E-state index is 12.7. The molecule has 3 heterocycles. The van der Waals surface area contributed by atoms with Crippen molar-refractivity contribution in [2.75, 3.05) is 52.5 Å². The first-order valence-corrected chi connectivity index (χ1v) is 8.58. The van der Waals surface area contributed by atoms with Gasteiger partial charge in [-0.15, -0.1) is 0 Å². The van der Waals surface area contributed by atoms with Gasteiger partial charge < -0.3 is 19.4 Å². The van der Waals surface area contributed by atoms with Crippen molar-refractivity contribution in [3.8, 4) is 0 Å². The smallest absolute Gasteiger partial charge is 0.331 e. The van der Waals surface area contributed by atoms with E-state index in [4.69, 9.17) is 4.74 Å². The van der Waals surface area contributed by atoms with Crippen LogP contribution in [0.2, 0.25) is 0 Å². The Morgan fingerprint density at radius 1 is 0.846 bits per heavy atom. The van der Waals surface area contributed by atoms with E-state index >= 15 is 0 Å². The highest BCUT2D eigenvalue weighted by Gasteiger charge is 2.29. The van der Waals surface area contributed by atoms with Gasteiger partial charge in [-0.25, -0.2) is 9.59 Å². The number of carbonyl (C=O) groups excluding carboxylic acids is 2. The topological polar surface area (TPSA) is 97.1 Å². The second-order valence-electron chi connectivity index (χ2n) is 6.43. The predicted molar refractivity (Wildman–Crippen MR) is 92.2 cm³/mol. The second kappa shape index (κ2) is 7.32. The van der Waals surface area contributed by atoms with Gasteiger partial charge in [-0.05, 0) is 0 Å². The molecule has 0 aromatic carbocycles. The summed E-state index contributed by atoms with van der Waals surface area (Å²) in [5, 5.41) is 0. The van der Waals surface area contributed by atoms with Crippen LogP contribution in [0.3, 0.4) is 0 Å². The van der Waals surface area contributed by atoms with Gasteiger partial charge in [0, 0.05) is 59.4 Å². The third kappa shape index (κ3) is 3.36. The first-order chi connectivity index (χ1) is 12.4.